The van der Waals surface area contributed by atoms with E-state index >= 15 is 0 Å². The number of nitrogens with one attached hydrogen (secondary N) is 2. The van der Waals surface area contributed by atoms with Gasteiger partial charge in [-0.3, -0.25) is 14.9 Å². The lowest BCUT2D eigenvalue weighted by molar-refractivity contribution is -0.384. The van der Waals surface area contributed by atoms with Crippen LogP contribution >= 0.6 is 0 Å². The lowest BCUT2D eigenvalue weighted by Crippen LogP contribution is -2.14. The summed E-state index contributed by atoms with van der Waals surface area (Å²) in [5.74, 6) is -1.29. The molecule has 0 aliphatic carbocycles. The second-order valence-electron chi connectivity index (χ2n) is 4.38. The van der Waals surface area contributed by atoms with E-state index in [0.29, 0.717) is 11.3 Å². The SMILES string of the molecule is O=C(O)COCCNc1cc2c(cc1[N+](=O)[O-])CC(=O)N2. The Balaban J connectivity index is 2.04. The molecule has 0 unspecified atom stereocenters. The van der Waals surface area contributed by atoms with Gasteiger partial charge in [0.25, 0.3) is 5.69 Å². The van der Waals surface area contributed by atoms with Crippen molar-refractivity contribution in [3.63, 3.8) is 0 Å². The number of fused-ring (bicyclic) bond motifs is 1. The van der Waals surface area contributed by atoms with Crippen molar-refractivity contribution in [1.29, 1.82) is 0 Å². The van der Waals surface area contributed by atoms with E-state index in [4.69, 9.17) is 9.84 Å². The van der Waals surface area contributed by atoms with Gasteiger partial charge in [-0.2, -0.15) is 0 Å². The molecule has 0 spiro atoms. The number of carboxylic acids is 1. The number of hydrogen-bond donors (Lipinski definition) is 3. The minimum absolute atomic E-state index is 0.0902. The summed E-state index contributed by atoms with van der Waals surface area (Å²) >= 11 is 0. The standard InChI is InChI=1S/C12H13N3O6/c16-11-4-7-3-10(15(19)20)9(5-8(7)14-11)13-1-2-21-6-12(17)18/h3,5,13H,1-2,4,6H2,(H,14,16)(H,17,18). The normalized spacial score (nSPS) is 12.7. The van der Waals surface area contributed by atoms with E-state index in [0.717, 1.165) is 0 Å². The molecule has 2 rings (SSSR count). The number of aliphatic carboxylic acids is 1. The Labute approximate surface area is 119 Å². The number of amides is 1. The van der Waals surface area contributed by atoms with Crippen molar-refractivity contribution in [2.75, 3.05) is 30.4 Å². The first-order valence-electron chi connectivity index (χ1n) is 6.12. The summed E-state index contributed by atoms with van der Waals surface area (Å²) in [7, 11) is 0. The summed E-state index contributed by atoms with van der Waals surface area (Å²) in [5.41, 5.74) is 1.24. The number of benzene rings is 1. The van der Waals surface area contributed by atoms with E-state index in [1.165, 1.54) is 12.1 Å². The fourth-order valence-electron chi connectivity index (χ4n) is 1.97. The lowest BCUT2D eigenvalue weighted by Gasteiger charge is -2.09. The molecule has 9 heteroatoms. The molecule has 0 saturated carbocycles. The monoisotopic (exact) mass is 295 g/mol. The van der Waals surface area contributed by atoms with E-state index in [-0.39, 0.29) is 36.9 Å². The zero-order valence-corrected chi connectivity index (χ0v) is 10.9. The molecule has 3 N–H and O–H groups in total. The average molecular weight is 295 g/mol. The summed E-state index contributed by atoms with van der Waals surface area (Å²) in [6.45, 7) is -0.127. The molecule has 0 aromatic heterocycles. The zero-order valence-electron chi connectivity index (χ0n) is 10.9. The predicted octanol–water partition coefficient (Wildman–Crippen LogP) is 0.602. The summed E-state index contributed by atoms with van der Waals surface area (Å²) in [6.07, 6.45) is 0.123. The highest BCUT2D eigenvalue weighted by molar-refractivity contribution is 6.00. The fourth-order valence-corrected chi connectivity index (χ4v) is 1.97. The Bertz CT molecular complexity index is 601. The maximum atomic E-state index is 11.3. The molecule has 0 radical (unpaired) electrons. The first-order valence-corrected chi connectivity index (χ1v) is 6.12. The van der Waals surface area contributed by atoms with Crippen molar-refractivity contribution in [1.82, 2.24) is 0 Å². The van der Waals surface area contributed by atoms with E-state index < -0.39 is 17.5 Å². The molecule has 1 amide bonds. The van der Waals surface area contributed by atoms with E-state index in [1.54, 1.807) is 0 Å². The van der Waals surface area contributed by atoms with Gasteiger partial charge in [-0.1, -0.05) is 0 Å². The second kappa shape index (κ2) is 6.18. The number of carbonyl (C=O) groups is 2. The quantitative estimate of drug-likeness (QED) is 0.381. The third-order valence-electron chi connectivity index (χ3n) is 2.83. The topological polar surface area (TPSA) is 131 Å². The molecule has 1 heterocycles. The smallest absolute Gasteiger partial charge is 0.329 e. The van der Waals surface area contributed by atoms with Crippen molar-refractivity contribution in [2.45, 2.75) is 6.42 Å². The third-order valence-corrected chi connectivity index (χ3v) is 2.83. The molecule has 1 aliphatic heterocycles. The van der Waals surface area contributed by atoms with E-state index in [1.807, 2.05) is 0 Å². The van der Waals surface area contributed by atoms with Crippen molar-refractivity contribution in [2.24, 2.45) is 0 Å². The molecule has 1 aromatic carbocycles. The number of ether oxygens (including phenoxy) is 1. The van der Waals surface area contributed by atoms with Gasteiger partial charge in [0, 0.05) is 18.3 Å². The number of carbonyl (C=O) groups excluding carboxylic acids is 1. The lowest BCUT2D eigenvalue weighted by atomic mass is 10.1. The van der Waals surface area contributed by atoms with Crippen LogP contribution in [0.5, 0.6) is 0 Å². The number of anilines is 2. The molecule has 21 heavy (non-hydrogen) atoms. The van der Waals surface area contributed by atoms with Gasteiger partial charge in [0.15, 0.2) is 0 Å². The molecule has 9 nitrogen and oxygen atoms in total. The number of rotatable bonds is 7. The van der Waals surface area contributed by atoms with Crippen LogP contribution in [0.3, 0.4) is 0 Å². The van der Waals surface area contributed by atoms with Crippen molar-refractivity contribution < 1.29 is 24.4 Å². The number of carboxylic acid groups (broad SMARTS) is 1. The molecule has 0 fully saturated rings. The maximum absolute atomic E-state index is 11.3. The fraction of sp³-hybridized carbons (Fsp3) is 0.333. The molecule has 112 valence electrons. The van der Waals surface area contributed by atoms with Crippen molar-refractivity contribution in [3.05, 3.63) is 27.8 Å². The number of nitrogens with zero attached hydrogens (tertiary/aromatic N) is 1. The predicted molar refractivity (Wildman–Crippen MR) is 72.4 cm³/mol. The van der Waals surface area contributed by atoms with Crippen LogP contribution in [0.25, 0.3) is 0 Å². The molecule has 0 saturated heterocycles. The first-order chi connectivity index (χ1) is 9.97. The van der Waals surface area contributed by atoms with Crippen LogP contribution in [0.2, 0.25) is 0 Å². The highest BCUT2D eigenvalue weighted by atomic mass is 16.6. The van der Waals surface area contributed by atoms with Gasteiger partial charge in [0.2, 0.25) is 5.91 Å². The van der Waals surface area contributed by atoms with Gasteiger partial charge < -0.3 is 20.5 Å². The summed E-state index contributed by atoms with van der Waals surface area (Å²) in [5, 5.41) is 24.8. The van der Waals surface area contributed by atoms with E-state index in [9.17, 15) is 19.7 Å². The Hall–Kier alpha value is -2.68. The average Bonchev–Trinajstić information content (AvgIpc) is 2.75. The summed E-state index contributed by atoms with van der Waals surface area (Å²) in [6, 6.07) is 2.85. The van der Waals surface area contributed by atoms with Crippen LogP contribution < -0.4 is 10.6 Å². The highest BCUT2D eigenvalue weighted by Gasteiger charge is 2.24. The van der Waals surface area contributed by atoms with Crippen LogP contribution in [0, 0.1) is 10.1 Å². The molecule has 0 bridgehead atoms. The van der Waals surface area contributed by atoms with Crippen molar-refractivity contribution >= 4 is 28.9 Å². The van der Waals surface area contributed by atoms with Gasteiger partial charge >= 0.3 is 5.97 Å². The van der Waals surface area contributed by atoms with Crippen LogP contribution in [-0.4, -0.2) is 41.7 Å². The number of nitro groups is 1. The van der Waals surface area contributed by atoms with Crippen LogP contribution in [0.4, 0.5) is 17.1 Å². The Morgan fingerprint density at radius 2 is 2.29 bits per heavy atom. The second-order valence-corrected chi connectivity index (χ2v) is 4.38. The Morgan fingerprint density at radius 3 is 2.95 bits per heavy atom. The van der Waals surface area contributed by atoms with Gasteiger partial charge in [0.1, 0.15) is 12.3 Å². The van der Waals surface area contributed by atoms with Gasteiger partial charge in [-0.05, 0) is 11.6 Å². The van der Waals surface area contributed by atoms with Gasteiger partial charge in [-0.25, -0.2) is 4.79 Å². The van der Waals surface area contributed by atoms with Gasteiger partial charge in [0.05, 0.1) is 18.0 Å². The van der Waals surface area contributed by atoms with Crippen LogP contribution in [-0.2, 0) is 20.7 Å². The molecule has 1 aliphatic rings. The van der Waals surface area contributed by atoms with Crippen LogP contribution in [0.15, 0.2) is 12.1 Å². The Morgan fingerprint density at radius 1 is 1.52 bits per heavy atom. The van der Waals surface area contributed by atoms with Crippen LogP contribution in [0.1, 0.15) is 5.56 Å². The summed E-state index contributed by atoms with van der Waals surface area (Å²) < 4.78 is 4.83. The van der Waals surface area contributed by atoms with Crippen molar-refractivity contribution in [3.8, 4) is 0 Å². The zero-order chi connectivity index (χ0) is 15.4. The highest BCUT2D eigenvalue weighted by Crippen LogP contribution is 2.34. The largest absolute Gasteiger partial charge is 0.480 e. The maximum Gasteiger partial charge on any atom is 0.329 e. The molecule has 0 atom stereocenters. The summed E-state index contributed by atoms with van der Waals surface area (Å²) in [4.78, 5) is 32.0. The Kier molecular flexibility index (Phi) is 4.33. The third kappa shape index (κ3) is 3.66. The minimum atomic E-state index is -1.08. The molecule has 1 aromatic rings. The number of hydrogen-bond acceptors (Lipinski definition) is 6. The number of nitro benzene ring substituents is 1. The minimum Gasteiger partial charge on any atom is -0.480 e. The molecular formula is C12H13N3O6. The van der Waals surface area contributed by atoms with E-state index in [2.05, 4.69) is 10.6 Å². The first kappa shape index (κ1) is 14.7. The van der Waals surface area contributed by atoms with Gasteiger partial charge in [-0.15, -0.1) is 0 Å². The molecular weight excluding hydrogens is 282 g/mol.